The maximum atomic E-state index is 5.95. The molecule has 0 radical (unpaired) electrons. The van der Waals surface area contributed by atoms with Crippen LogP contribution in [0.5, 0.6) is 23.0 Å². The summed E-state index contributed by atoms with van der Waals surface area (Å²) in [5.74, 6) is 3.59. The SMILES string of the molecule is c1cc(OCCCCCC2CO2)ccc1Cc1ccc(OCCCOc2ccc(Cc3ccc(OCC4CO4)cc3)cc2)cc1. The zero-order valence-corrected chi connectivity index (χ0v) is 26.0. The normalized spacial score (nSPS) is 16.6. The van der Waals surface area contributed by atoms with Crippen molar-refractivity contribution in [1.29, 1.82) is 0 Å². The van der Waals surface area contributed by atoms with Crippen molar-refractivity contribution >= 4 is 0 Å². The highest BCUT2D eigenvalue weighted by Crippen LogP contribution is 2.21. The quantitative estimate of drug-likeness (QED) is 0.0753. The van der Waals surface area contributed by atoms with Crippen molar-refractivity contribution in [3.8, 4) is 23.0 Å². The molecule has 236 valence electrons. The van der Waals surface area contributed by atoms with Crippen LogP contribution in [0.15, 0.2) is 97.1 Å². The van der Waals surface area contributed by atoms with E-state index in [0.29, 0.717) is 25.9 Å². The fraction of sp³-hybridized carbons (Fsp3) is 0.385. The zero-order chi connectivity index (χ0) is 30.5. The van der Waals surface area contributed by atoms with Crippen molar-refractivity contribution in [1.82, 2.24) is 0 Å². The van der Waals surface area contributed by atoms with Gasteiger partial charge in [0.05, 0.1) is 39.1 Å². The van der Waals surface area contributed by atoms with E-state index in [1.54, 1.807) is 0 Å². The van der Waals surface area contributed by atoms with E-state index >= 15 is 0 Å². The summed E-state index contributed by atoms with van der Waals surface area (Å²) >= 11 is 0. The molecule has 2 aliphatic rings. The Balaban J connectivity index is 0.826. The van der Waals surface area contributed by atoms with Crippen molar-refractivity contribution in [3.63, 3.8) is 0 Å². The molecule has 0 amide bonds. The van der Waals surface area contributed by atoms with Crippen molar-refractivity contribution < 1.29 is 28.4 Å². The summed E-state index contributed by atoms with van der Waals surface area (Å²) in [6.07, 6.45) is 8.10. The molecule has 0 N–H and O–H groups in total. The third kappa shape index (κ3) is 11.1. The first kappa shape index (κ1) is 31.0. The van der Waals surface area contributed by atoms with E-state index in [-0.39, 0.29) is 6.10 Å². The molecular weight excluding hydrogens is 564 g/mol. The first-order chi connectivity index (χ1) is 22.2. The Morgan fingerprint density at radius 1 is 0.422 bits per heavy atom. The molecule has 4 aromatic rings. The van der Waals surface area contributed by atoms with Crippen molar-refractivity contribution in [2.24, 2.45) is 0 Å². The zero-order valence-electron chi connectivity index (χ0n) is 26.0. The number of benzene rings is 4. The van der Waals surface area contributed by atoms with Gasteiger partial charge in [-0.05, 0) is 103 Å². The fourth-order valence-corrected chi connectivity index (χ4v) is 5.15. The van der Waals surface area contributed by atoms with Gasteiger partial charge in [-0.2, -0.15) is 0 Å². The van der Waals surface area contributed by atoms with Gasteiger partial charge in [0, 0.05) is 6.42 Å². The second kappa shape index (κ2) is 16.4. The Morgan fingerprint density at radius 3 is 1.20 bits per heavy atom. The smallest absolute Gasteiger partial charge is 0.119 e. The summed E-state index contributed by atoms with van der Waals surface area (Å²) in [5, 5.41) is 0. The lowest BCUT2D eigenvalue weighted by Crippen LogP contribution is -2.05. The summed E-state index contributed by atoms with van der Waals surface area (Å²) in [5.41, 5.74) is 5.02. The molecule has 2 unspecified atom stereocenters. The lowest BCUT2D eigenvalue weighted by Gasteiger charge is -2.10. The Labute approximate surface area is 267 Å². The minimum absolute atomic E-state index is 0.273. The maximum Gasteiger partial charge on any atom is 0.119 e. The molecule has 0 aliphatic carbocycles. The molecule has 0 bridgehead atoms. The number of hydrogen-bond donors (Lipinski definition) is 0. The summed E-state index contributed by atoms with van der Waals surface area (Å²) in [4.78, 5) is 0. The molecule has 45 heavy (non-hydrogen) atoms. The van der Waals surface area contributed by atoms with Gasteiger partial charge in [-0.25, -0.2) is 0 Å². The van der Waals surface area contributed by atoms with Crippen molar-refractivity contribution in [3.05, 3.63) is 119 Å². The maximum absolute atomic E-state index is 5.95. The third-order valence-electron chi connectivity index (χ3n) is 8.02. The number of unbranched alkanes of at least 4 members (excludes halogenated alkanes) is 2. The molecule has 4 aromatic carbocycles. The van der Waals surface area contributed by atoms with Crippen LogP contribution in [0.1, 0.15) is 54.4 Å². The first-order valence-corrected chi connectivity index (χ1v) is 16.4. The molecule has 6 rings (SSSR count). The van der Waals surface area contributed by atoms with E-state index in [1.807, 2.05) is 36.4 Å². The average molecular weight is 609 g/mol. The molecule has 2 fully saturated rings. The molecule has 2 saturated heterocycles. The Kier molecular flexibility index (Phi) is 11.3. The minimum atomic E-state index is 0.273. The van der Waals surface area contributed by atoms with Gasteiger partial charge in [-0.3, -0.25) is 0 Å². The molecule has 6 nitrogen and oxygen atoms in total. The second-order valence-corrected chi connectivity index (χ2v) is 11.9. The molecule has 0 spiro atoms. The van der Waals surface area contributed by atoms with Gasteiger partial charge in [0.2, 0.25) is 0 Å². The van der Waals surface area contributed by atoms with Crippen LogP contribution in [0.4, 0.5) is 0 Å². The van der Waals surface area contributed by atoms with Crippen LogP contribution in [0.3, 0.4) is 0 Å². The van der Waals surface area contributed by atoms with E-state index in [4.69, 9.17) is 28.4 Å². The molecule has 2 heterocycles. The topological polar surface area (TPSA) is 62.0 Å². The highest BCUT2D eigenvalue weighted by Gasteiger charge is 2.23. The fourth-order valence-electron chi connectivity index (χ4n) is 5.15. The standard InChI is InChI=1S/C39H44O6/c1(2-5-38-27-44-38)3-22-40-34-14-6-30(7-15-34)25-31-8-16-35(17-9-31)41-23-4-24-42-36-18-10-32(11-19-36)26-33-12-20-37(21-13-33)43-28-39-29-45-39/h6-21,38-39H,1-5,22-29H2. The van der Waals surface area contributed by atoms with Gasteiger partial charge in [-0.1, -0.05) is 55.0 Å². The van der Waals surface area contributed by atoms with Crippen molar-refractivity contribution in [2.75, 3.05) is 39.6 Å². The number of ether oxygens (including phenoxy) is 6. The van der Waals surface area contributed by atoms with Crippen LogP contribution in [0.25, 0.3) is 0 Å². The van der Waals surface area contributed by atoms with E-state index in [0.717, 1.165) is 68.5 Å². The Morgan fingerprint density at radius 2 is 0.800 bits per heavy atom. The van der Waals surface area contributed by atoms with E-state index in [9.17, 15) is 0 Å². The minimum Gasteiger partial charge on any atom is -0.494 e. The van der Waals surface area contributed by atoms with E-state index in [2.05, 4.69) is 60.7 Å². The molecule has 0 aromatic heterocycles. The van der Waals surface area contributed by atoms with E-state index < -0.39 is 0 Å². The summed E-state index contributed by atoms with van der Waals surface area (Å²) in [6.45, 7) is 4.40. The van der Waals surface area contributed by atoms with Gasteiger partial charge in [0.1, 0.15) is 35.7 Å². The van der Waals surface area contributed by atoms with Crippen LogP contribution >= 0.6 is 0 Å². The molecule has 6 heteroatoms. The van der Waals surface area contributed by atoms with Gasteiger partial charge in [0.25, 0.3) is 0 Å². The van der Waals surface area contributed by atoms with Crippen molar-refractivity contribution in [2.45, 2.75) is 57.2 Å². The predicted octanol–water partition coefficient (Wildman–Crippen LogP) is 7.83. The second-order valence-electron chi connectivity index (χ2n) is 11.9. The summed E-state index contributed by atoms with van der Waals surface area (Å²) < 4.78 is 34.0. The third-order valence-corrected chi connectivity index (χ3v) is 8.02. The van der Waals surface area contributed by atoms with E-state index in [1.165, 1.54) is 41.5 Å². The largest absolute Gasteiger partial charge is 0.494 e. The lowest BCUT2D eigenvalue weighted by atomic mass is 10.0. The van der Waals surface area contributed by atoms with Crippen LogP contribution in [-0.4, -0.2) is 51.8 Å². The predicted molar refractivity (Wildman–Crippen MR) is 176 cm³/mol. The Hall–Kier alpha value is -4.00. The highest BCUT2D eigenvalue weighted by molar-refractivity contribution is 5.35. The molecular formula is C39H44O6. The van der Waals surface area contributed by atoms with Crippen LogP contribution < -0.4 is 18.9 Å². The average Bonchev–Trinajstić information content (AvgIpc) is 4.01. The molecule has 2 atom stereocenters. The van der Waals surface area contributed by atoms with Gasteiger partial charge in [-0.15, -0.1) is 0 Å². The number of epoxide rings is 2. The molecule has 2 aliphatic heterocycles. The molecule has 0 saturated carbocycles. The van der Waals surface area contributed by atoms with Gasteiger partial charge >= 0.3 is 0 Å². The van der Waals surface area contributed by atoms with Gasteiger partial charge < -0.3 is 28.4 Å². The Bertz CT molecular complexity index is 1410. The van der Waals surface area contributed by atoms with Crippen LogP contribution in [0.2, 0.25) is 0 Å². The van der Waals surface area contributed by atoms with Gasteiger partial charge in [0.15, 0.2) is 0 Å². The van der Waals surface area contributed by atoms with Crippen LogP contribution in [0, 0.1) is 0 Å². The summed E-state index contributed by atoms with van der Waals surface area (Å²) in [7, 11) is 0. The highest BCUT2D eigenvalue weighted by atomic mass is 16.6. The summed E-state index contributed by atoms with van der Waals surface area (Å²) in [6, 6.07) is 33.4. The number of rotatable bonds is 20. The monoisotopic (exact) mass is 608 g/mol. The lowest BCUT2D eigenvalue weighted by molar-refractivity contribution is 0.247. The first-order valence-electron chi connectivity index (χ1n) is 16.4. The number of hydrogen-bond acceptors (Lipinski definition) is 6. The van der Waals surface area contributed by atoms with Crippen LogP contribution in [-0.2, 0) is 22.3 Å².